The summed E-state index contributed by atoms with van der Waals surface area (Å²) < 4.78 is 19.5. The van der Waals surface area contributed by atoms with Crippen LogP contribution < -0.4 is 10.2 Å². The Bertz CT molecular complexity index is 421. The van der Waals surface area contributed by atoms with E-state index in [1.807, 2.05) is 17.0 Å². The van der Waals surface area contributed by atoms with Crippen molar-refractivity contribution < 1.29 is 9.13 Å². The topological polar surface area (TPSA) is 24.5 Å². The molecule has 0 bridgehead atoms. The van der Waals surface area contributed by atoms with E-state index in [0.717, 1.165) is 12.1 Å². The molecule has 0 radical (unpaired) electrons. The van der Waals surface area contributed by atoms with Gasteiger partial charge >= 0.3 is 0 Å². The second-order valence-corrected chi connectivity index (χ2v) is 6.09. The van der Waals surface area contributed by atoms with E-state index in [2.05, 4.69) is 33.0 Å². The molecular formula is C17H29FN2O. The second kappa shape index (κ2) is 9.00. The number of nitrogens with one attached hydrogen (secondary N) is 1. The van der Waals surface area contributed by atoms with Crippen LogP contribution in [0.25, 0.3) is 0 Å². The number of halogens is 1. The molecule has 0 aliphatic carbocycles. The number of benzene rings is 1. The normalized spacial score (nSPS) is 11.4. The van der Waals surface area contributed by atoms with Gasteiger partial charge in [0.2, 0.25) is 0 Å². The first-order valence-corrected chi connectivity index (χ1v) is 7.70. The molecule has 0 atom stereocenters. The summed E-state index contributed by atoms with van der Waals surface area (Å²) in [7, 11) is 1.67. The van der Waals surface area contributed by atoms with Crippen LogP contribution in [0, 0.1) is 11.7 Å². The fourth-order valence-electron chi connectivity index (χ4n) is 2.24. The zero-order valence-electron chi connectivity index (χ0n) is 13.9. The van der Waals surface area contributed by atoms with Gasteiger partial charge in [0.25, 0.3) is 0 Å². The fourth-order valence-corrected chi connectivity index (χ4v) is 2.24. The van der Waals surface area contributed by atoms with Crippen LogP contribution in [0.1, 0.15) is 33.3 Å². The van der Waals surface area contributed by atoms with Crippen LogP contribution in [0.15, 0.2) is 18.2 Å². The van der Waals surface area contributed by atoms with E-state index in [1.54, 1.807) is 13.2 Å². The number of hydrogen-bond donors (Lipinski definition) is 1. The second-order valence-electron chi connectivity index (χ2n) is 6.09. The van der Waals surface area contributed by atoms with Gasteiger partial charge in [0.15, 0.2) is 0 Å². The van der Waals surface area contributed by atoms with Crippen LogP contribution in [-0.2, 0) is 11.3 Å². The third kappa shape index (κ3) is 6.02. The average molecular weight is 296 g/mol. The third-order valence-electron chi connectivity index (χ3n) is 3.36. The summed E-state index contributed by atoms with van der Waals surface area (Å²) in [5.74, 6) is 0.434. The Labute approximate surface area is 128 Å². The molecular weight excluding hydrogens is 267 g/mol. The molecule has 0 unspecified atom stereocenters. The molecule has 0 amide bonds. The molecule has 1 rings (SSSR count). The Morgan fingerprint density at radius 1 is 1.24 bits per heavy atom. The van der Waals surface area contributed by atoms with Crippen molar-refractivity contribution in [3.63, 3.8) is 0 Å². The third-order valence-corrected chi connectivity index (χ3v) is 3.36. The first-order valence-electron chi connectivity index (χ1n) is 7.70. The van der Waals surface area contributed by atoms with E-state index in [4.69, 9.17) is 4.74 Å². The average Bonchev–Trinajstić information content (AvgIpc) is 2.40. The molecule has 0 spiro atoms. The standard InChI is InChI=1S/C17H29FN2O/c1-13(2)11-19-12-15-6-7-17(16(18)10-15)20(14(3)4)8-9-21-5/h6-7,10,13-14,19H,8-9,11-12H2,1-5H3. The van der Waals surface area contributed by atoms with E-state index in [1.165, 1.54) is 0 Å². The van der Waals surface area contributed by atoms with Crippen molar-refractivity contribution in [1.82, 2.24) is 5.32 Å². The number of anilines is 1. The number of nitrogens with zero attached hydrogens (tertiary/aromatic N) is 1. The van der Waals surface area contributed by atoms with E-state index < -0.39 is 0 Å². The smallest absolute Gasteiger partial charge is 0.146 e. The minimum Gasteiger partial charge on any atom is -0.383 e. The lowest BCUT2D eigenvalue weighted by Crippen LogP contribution is -2.34. The number of hydrogen-bond acceptors (Lipinski definition) is 3. The van der Waals surface area contributed by atoms with Gasteiger partial charge in [-0.3, -0.25) is 0 Å². The Hall–Kier alpha value is -1.13. The van der Waals surface area contributed by atoms with Crippen LogP contribution in [0.4, 0.5) is 10.1 Å². The van der Waals surface area contributed by atoms with Crippen LogP contribution in [0.2, 0.25) is 0 Å². The predicted molar refractivity (Wildman–Crippen MR) is 87.3 cm³/mol. The summed E-state index contributed by atoms with van der Waals surface area (Å²) in [4.78, 5) is 2.03. The van der Waals surface area contributed by atoms with Crippen molar-refractivity contribution in [3.8, 4) is 0 Å². The molecule has 21 heavy (non-hydrogen) atoms. The lowest BCUT2D eigenvalue weighted by atomic mass is 10.1. The van der Waals surface area contributed by atoms with Gasteiger partial charge in [0.05, 0.1) is 12.3 Å². The Morgan fingerprint density at radius 3 is 2.48 bits per heavy atom. The van der Waals surface area contributed by atoms with E-state index in [9.17, 15) is 4.39 Å². The summed E-state index contributed by atoms with van der Waals surface area (Å²) in [6.07, 6.45) is 0. The van der Waals surface area contributed by atoms with Crippen molar-refractivity contribution in [2.75, 3.05) is 31.7 Å². The van der Waals surface area contributed by atoms with Crippen molar-refractivity contribution >= 4 is 5.69 Å². The lowest BCUT2D eigenvalue weighted by Gasteiger charge is -2.29. The molecule has 0 saturated carbocycles. The van der Waals surface area contributed by atoms with E-state index >= 15 is 0 Å². The minimum atomic E-state index is -0.163. The van der Waals surface area contributed by atoms with Gasteiger partial charge < -0.3 is 15.0 Å². The molecule has 1 N–H and O–H groups in total. The summed E-state index contributed by atoms with van der Waals surface area (Å²) in [5, 5.41) is 3.33. The fraction of sp³-hybridized carbons (Fsp3) is 0.647. The van der Waals surface area contributed by atoms with Gasteiger partial charge in [-0.05, 0) is 44.0 Å². The Morgan fingerprint density at radius 2 is 1.95 bits per heavy atom. The number of ether oxygens (including phenoxy) is 1. The van der Waals surface area contributed by atoms with Crippen LogP contribution in [0.5, 0.6) is 0 Å². The number of rotatable bonds is 9. The minimum absolute atomic E-state index is 0.163. The first-order chi connectivity index (χ1) is 9.95. The summed E-state index contributed by atoms with van der Waals surface area (Å²) in [6, 6.07) is 5.73. The highest BCUT2D eigenvalue weighted by atomic mass is 19.1. The van der Waals surface area contributed by atoms with Gasteiger partial charge in [-0.25, -0.2) is 4.39 Å². The molecule has 0 aliphatic rings. The quantitative estimate of drug-likeness (QED) is 0.755. The highest BCUT2D eigenvalue weighted by Gasteiger charge is 2.15. The monoisotopic (exact) mass is 296 g/mol. The molecule has 120 valence electrons. The predicted octanol–water partition coefficient (Wildman–Crippen LogP) is 3.43. The molecule has 1 aromatic rings. The maximum absolute atomic E-state index is 14.4. The molecule has 1 aromatic carbocycles. The van der Waals surface area contributed by atoms with Gasteiger partial charge in [0.1, 0.15) is 5.82 Å². The van der Waals surface area contributed by atoms with Crippen LogP contribution in [-0.4, -0.2) is 32.8 Å². The van der Waals surface area contributed by atoms with Gasteiger partial charge in [-0.15, -0.1) is 0 Å². The van der Waals surface area contributed by atoms with Gasteiger partial charge in [-0.1, -0.05) is 19.9 Å². The SMILES string of the molecule is COCCN(c1ccc(CNCC(C)C)cc1F)C(C)C. The maximum Gasteiger partial charge on any atom is 0.146 e. The van der Waals surface area contributed by atoms with Crippen LogP contribution >= 0.6 is 0 Å². The van der Waals surface area contributed by atoms with Crippen molar-refractivity contribution in [1.29, 1.82) is 0 Å². The van der Waals surface area contributed by atoms with Crippen LogP contribution in [0.3, 0.4) is 0 Å². The summed E-state index contributed by atoms with van der Waals surface area (Å²) in [6.45, 7) is 11.4. The lowest BCUT2D eigenvalue weighted by molar-refractivity contribution is 0.203. The molecule has 0 heterocycles. The Kier molecular flexibility index (Phi) is 7.68. The number of methoxy groups -OCH3 is 1. The van der Waals surface area contributed by atoms with Gasteiger partial charge in [0, 0.05) is 26.2 Å². The van der Waals surface area contributed by atoms with E-state index in [-0.39, 0.29) is 11.9 Å². The molecule has 4 heteroatoms. The largest absolute Gasteiger partial charge is 0.383 e. The van der Waals surface area contributed by atoms with Crippen molar-refractivity contribution in [2.24, 2.45) is 5.92 Å². The maximum atomic E-state index is 14.4. The summed E-state index contributed by atoms with van der Waals surface area (Å²) >= 11 is 0. The van der Waals surface area contributed by atoms with E-state index in [0.29, 0.717) is 31.3 Å². The molecule has 0 aliphatic heterocycles. The van der Waals surface area contributed by atoms with Crippen molar-refractivity contribution in [3.05, 3.63) is 29.6 Å². The summed E-state index contributed by atoms with van der Waals surface area (Å²) in [5.41, 5.74) is 1.63. The van der Waals surface area contributed by atoms with Gasteiger partial charge in [-0.2, -0.15) is 0 Å². The highest BCUT2D eigenvalue weighted by molar-refractivity contribution is 5.50. The molecule has 0 saturated heterocycles. The molecule has 3 nitrogen and oxygen atoms in total. The molecule has 0 fully saturated rings. The first kappa shape index (κ1) is 17.9. The Balaban J connectivity index is 2.75. The van der Waals surface area contributed by atoms with Crippen molar-refractivity contribution in [2.45, 2.75) is 40.3 Å². The highest BCUT2D eigenvalue weighted by Crippen LogP contribution is 2.22. The molecule has 0 aromatic heterocycles. The zero-order chi connectivity index (χ0) is 15.8. The zero-order valence-corrected chi connectivity index (χ0v) is 13.9.